The number of carboxylic acid groups (broad SMARTS) is 1. The van der Waals surface area contributed by atoms with Gasteiger partial charge in [0, 0.05) is 55.0 Å². The van der Waals surface area contributed by atoms with E-state index in [1.165, 1.54) is 0 Å². The Morgan fingerprint density at radius 2 is 2.00 bits per heavy atom. The first-order chi connectivity index (χ1) is 9.52. The van der Waals surface area contributed by atoms with Gasteiger partial charge in [-0.15, -0.1) is 0 Å². The monoisotopic (exact) mass is 305 g/mol. The highest BCUT2D eigenvalue weighted by atomic mass is 32.2. The topological polar surface area (TPSA) is 90.0 Å². The zero-order valence-corrected chi connectivity index (χ0v) is 12.7. The van der Waals surface area contributed by atoms with Crippen LogP contribution in [-0.2, 0) is 15.6 Å². The lowest BCUT2D eigenvalue weighted by Crippen LogP contribution is -2.43. The van der Waals surface area contributed by atoms with Gasteiger partial charge in [0.2, 0.25) is 0 Å². The smallest absolute Gasteiger partial charge is 0.317 e. The maximum absolute atomic E-state index is 11.9. The summed E-state index contributed by atoms with van der Waals surface area (Å²) in [5, 5.41) is 11.5. The molecule has 20 heavy (non-hydrogen) atoms. The molecule has 2 amide bonds. The Labute approximate surface area is 121 Å². The molecular formula is C12H23N3O4S. The van der Waals surface area contributed by atoms with Crippen molar-refractivity contribution in [3.05, 3.63) is 0 Å². The van der Waals surface area contributed by atoms with Crippen LogP contribution in [0.15, 0.2) is 0 Å². The van der Waals surface area contributed by atoms with Crippen molar-refractivity contribution in [1.82, 2.24) is 15.1 Å². The van der Waals surface area contributed by atoms with E-state index in [1.54, 1.807) is 4.90 Å². The fourth-order valence-corrected chi connectivity index (χ4v) is 2.67. The van der Waals surface area contributed by atoms with Gasteiger partial charge in [0.1, 0.15) is 0 Å². The molecule has 8 heteroatoms. The molecule has 0 radical (unpaired) electrons. The zero-order valence-electron chi connectivity index (χ0n) is 11.8. The van der Waals surface area contributed by atoms with E-state index in [2.05, 4.69) is 5.32 Å². The van der Waals surface area contributed by atoms with Crippen LogP contribution in [0.2, 0.25) is 0 Å². The van der Waals surface area contributed by atoms with Crippen molar-refractivity contribution in [2.45, 2.75) is 13.3 Å². The minimum Gasteiger partial charge on any atom is -0.480 e. The summed E-state index contributed by atoms with van der Waals surface area (Å²) in [5.41, 5.74) is 0. The number of rotatable bonds is 6. The van der Waals surface area contributed by atoms with E-state index in [0.717, 1.165) is 6.42 Å². The lowest BCUT2D eigenvalue weighted by atomic mass is 10.4. The minimum atomic E-state index is -0.871. The Morgan fingerprint density at radius 1 is 1.25 bits per heavy atom. The summed E-state index contributed by atoms with van der Waals surface area (Å²) >= 11 is 0. The molecule has 0 spiro atoms. The number of nitrogens with zero attached hydrogens (tertiary/aromatic N) is 2. The Hall–Kier alpha value is -1.15. The van der Waals surface area contributed by atoms with E-state index in [-0.39, 0.29) is 12.6 Å². The number of nitrogens with one attached hydrogen (secondary N) is 1. The Kier molecular flexibility index (Phi) is 7.53. The van der Waals surface area contributed by atoms with Crippen molar-refractivity contribution in [1.29, 1.82) is 0 Å². The van der Waals surface area contributed by atoms with Gasteiger partial charge in [-0.05, 0) is 6.42 Å². The second-order valence-corrected chi connectivity index (χ2v) is 6.54. The summed E-state index contributed by atoms with van der Waals surface area (Å²) < 4.78 is 11.3. The first-order valence-electron chi connectivity index (χ1n) is 6.84. The molecule has 0 aliphatic carbocycles. The molecule has 0 saturated carbocycles. The Balaban J connectivity index is 2.31. The largest absolute Gasteiger partial charge is 0.480 e. The van der Waals surface area contributed by atoms with Gasteiger partial charge in [-0.3, -0.25) is 13.9 Å². The van der Waals surface area contributed by atoms with Crippen LogP contribution >= 0.6 is 0 Å². The lowest BCUT2D eigenvalue weighted by molar-refractivity contribution is -0.138. The first-order valence-corrected chi connectivity index (χ1v) is 8.33. The summed E-state index contributed by atoms with van der Waals surface area (Å²) in [6, 6.07) is -0.157. The molecule has 0 bridgehead atoms. The molecule has 1 fully saturated rings. The van der Waals surface area contributed by atoms with Crippen LogP contribution in [0.3, 0.4) is 0 Å². The highest BCUT2D eigenvalue weighted by Crippen LogP contribution is 2.03. The molecular weight excluding hydrogens is 282 g/mol. The van der Waals surface area contributed by atoms with E-state index >= 15 is 0 Å². The van der Waals surface area contributed by atoms with E-state index in [9.17, 15) is 13.8 Å². The van der Waals surface area contributed by atoms with Gasteiger partial charge in [-0.1, -0.05) is 6.92 Å². The van der Waals surface area contributed by atoms with Crippen molar-refractivity contribution < 1.29 is 18.9 Å². The standard InChI is InChI=1S/C12H23N3O4S/c1-2-20(19)9-4-13-12(18)15-6-3-5-14(7-8-15)10-11(16)17/h2-10H2,1H3,(H,13,18)(H,16,17). The number of carbonyl (C=O) groups is 2. The number of hydrogen-bond acceptors (Lipinski definition) is 4. The maximum Gasteiger partial charge on any atom is 0.317 e. The van der Waals surface area contributed by atoms with Gasteiger partial charge in [-0.25, -0.2) is 4.79 Å². The van der Waals surface area contributed by atoms with E-state index in [0.29, 0.717) is 44.2 Å². The number of carboxylic acids is 1. The van der Waals surface area contributed by atoms with Crippen LogP contribution in [0.5, 0.6) is 0 Å². The summed E-state index contributed by atoms with van der Waals surface area (Å²) in [6.07, 6.45) is 0.765. The number of hydrogen-bond donors (Lipinski definition) is 2. The van der Waals surface area contributed by atoms with Crippen LogP contribution in [0, 0.1) is 0 Å². The normalized spacial score (nSPS) is 18.4. The molecule has 1 heterocycles. The number of aliphatic carboxylic acids is 1. The minimum absolute atomic E-state index is 0.0188. The molecule has 1 unspecified atom stereocenters. The summed E-state index contributed by atoms with van der Waals surface area (Å²) in [4.78, 5) is 26.1. The van der Waals surface area contributed by atoms with E-state index in [1.807, 2.05) is 11.8 Å². The number of amides is 2. The Bertz CT molecular complexity index is 365. The molecule has 0 aromatic rings. The second kappa shape index (κ2) is 8.91. The molecule has 1 saturated heterocycles. The van der Waals surface area contributed by atoms with E-state index in [4.69, 9.17) is 5.11 Å². The average Bonchev–Trinajstić information content (AvgIpc) is 2.63. The van der Waals surface area contributed by atoms with Crippen LogP contribution in [0.25, 0.3) is 0 Å². The van der Waals surface area contributed by atoms with Gasteiger partial charge in [0.25, 0.3) is 0 Å². The number of carbonyl (C=O) groups excluding carboxylic acids is 1. The molecule has 116 valence electrons. The van der Waals surface area contributed by atoms with Gasteiger partial charge >= 0.3 is 12.0 Å². The van der Waals surface area contributed by atoms with Crippen molar-refractivity contribution in [2.24, 2.45) is 0 Å². The molecule has 1 rings (SSSR count). The molecule has 2 N–H and O–H groups in total. The van der Waals surface area contributed by atoms with Crippen molar-refractivity contribution in [3.63, 3.8) is 0 Å². The quantitative estimate of drug-likeness (QED) is 0.694. The molecule has 0 aromatic heterocycles. The molecule has 1 aliphatic rings. The van der Waals surface area contributed by atoms with Crippen molar-refractivity contribution in [3.8, 4) is 0 Å². The molecule has 1 atom stereocenters. The third kappa shape index (κ3) is 6.33. The number of urea groups is 1. The van der Waals surface area contributed by atoms with Gasteiger partial charge in [0.15, 0.2) is 0 Å². The van der Waals surface area contributed by atoms with Crippen LogP contribution < -0.4 is 5.32 Å². The van der Waals surface area contributed by atoms with Gasteiger partial charge in [0.05, 0.1) is 6.54 Å². The summed E-state index contributed by atoms with van der Waals surface area (Å²) in [6.45, 7) is 4.69. The van der Waals surface area contributed by atoms with Gasteiger partial charge in [-0.2, -0.15) is 0 Å². The molecule has 7 nitrogen and oxygen atoms in total. The SMILES string of the molecule is CCS(=O)CCNC(=O)N1CCCN(CC(=O)O)CC1. The lowest BCUT2D eigenvalue weighted by Gasteiger charge is -2.21. The first kappa shape index (κ1) is 16.9. The zero-order chi connectivity index (χ0) is 15.0. The predicted molar refractivity (Wildman–Crippen MR) is 77.2 cm³/mol. The average molecular weight is 305 g/mol. The third-order valence-electron chi connectivity index (χ3n) is 3.16. The second-order valence-electron chi connectivity index (χ2n) is 4.68. The molecule has 0 aromatic carbocycles. The highest BCUT2D eigenvalue weighted by Gasteiger charge is 2.19. The fraction of sp³-hybridized carbons (Fsp3) is 0.833. The van der Waals surface area contributed by atoms with Crippen molar-refractivity contribution >= 4 is 22.8 Å². The highest BCUT2D eigenvalue weighted by molar-refractivity contribution is 7.84. The molecule has 1 aliphatic heterocycles. The van der Waals surface area contributed by atoms with Crippen LogP contribution in [0.4, 0.5) is 4.79 Å². The predicted octanol–water partition coefficient (Wildman–Crippen LogP) is -0.443. The van der Waals surface area contributed by atoms with Crippen LogP contribution in [0.1, 0.15) is 13.3 Å². The van der Waals surface area contributed by atoms with Crippen LogP contribution in [-0.4, -0.2) is 81.9 Å². The summed E-state index contributed by atoms with van der Waals surface area (Å²) in [7, 11) is -0.871. The Morgan fingerprint density at radius 3 is 2.65 bits per heavy atom. The fourth-order valence-electron chi connectivity index (χ4n) is 2.05. The van der Waals surface area contributed by atoms with Crippen molar-refractivity contribution in [2.75, 3.05) is 50.8 Å². The van der Waals surface area contributed by atoms with Gasteiger partial charge < -0.3 is 15.3 Å². The maximum atomic E-state index is 11.9. The summed E-state index contributed by atoms with van der Waals surface area (Å²) in [5.74, 6) is 0.232. The van der Waals surface area contributed by atoms with E-state index < -0.39 is 16.8 Å². The third-order valence-corrected chi connectivity index (χ3v) is 4.47.